The van der Waals surface area contributed by atoms with Crippen LogP contribution in [-0.2, 0) is 10.3 Å². The van der Waals surface area contributed by atoms with Gasteiger partial charge in [-0.1, -0.05) is 19.9 Å². The van der Waals surface area contributed by atoms with Gasteiger partial charge in [-0.05, 0) is 27.6 Å². The number of nitro benzene ring substituents is 1. The first-order valence-electron chi connectivity index (χ1n) is 4.64. The summed E-state index contributed by atoms with van der Waals surface area (Å²) in [7, 11) is 0. The minimum atomic E-state index is -0.424. The zero-order chi connectivity index (χ0) is 12.3. The molecule has 0 radical (unpaired) electrons. The summed E-state index contributed by atoms with van der Waals surface area (Å²) >= 11 is 3.14. The van der Waals surface area contributed by atoms with Crippen molar-refractivity contribution in [2.75, 3.05) is 6.61 Å². The first-order chi connectivity index (χ1) is 7.38. The van der Waals surface area contributed by atoms with E-state index in [1.54, 1.807) is 6.07 Å². The van der Waals surface area contributed by atoms with E-state index in [0.29, 0.717) is 11.1 Å². The van der Waals surface area contributed by atoms with Crippen molar-refractivity contribution < 1.29 is 9.76 Å². The Labute approximate surface area is 102 Å². The maximum Gasteiger partial charge on any atom is 0.283 e. The molecule has 1 rings (SSSR count). The Morgan fingerprint density at radius 1 is 1.56 bits per heavy atom. The summed E-state index contributed by atoms with van der Waals surface area (Å²) in [6, 6.07) is 5.00. The lowest BCUT2D eigenvalue weighted by atomic mass is 9.85. The zero-order valence-corrected chi connectivity index (χ0v) is 10.7. The molecule has 1 aromatic rings. The van der Waals surface area contributed by atoms with Crippen LogP contribution >= 0.6 is 15.9 Å². The molecule has 0 aromatic heterocycles. The smallest absolute Gasteiger partial charge is 0.283 e. The Hall–Kier alpha value is -0.980. The molecular formula is C10H13BrN2O3. The highest BCUT2D eigenvalue weighted by Crippen LogP contribution is 2.31. The molecular weight excluding hydrogens is 276 g/mol. The Morgan fingerprint density at radius 3 is 2.69 bits per heavy atom. The molecule has 0 fully saturated rings. The van der Waals surface area contributed by atoms with Gasteiger partial charge >= 0.3 is 0 Å². The van der Waals surface area contributed by atoms with Gasteiger partial charge in [0.2, 0.25) is 0 Å². The molecule has 0 saturated carbocycles. The Morgan fingerprint density at radius 2 is 2.19 bits per heavy atom. The SMILES string of the molecule is CC(C)(CON)c1ccc(Br)c([N+](=O)[O-])c1. The van der Waals surface area contributed by atoms with Crippen molar-refractivity contribution in [1.82, 2.24) is 0 Å². The molecule has 0 heterocycles. The minimum absolute atomic E-state index is 0.0441. The first-order valence-corrected chi connectivity index (χ1v) is 5.44. The van der Waals surface area contributed by atoms with Crippen molar-refractivity contribution in [3.05, 3.63) is 38.3 Å². The highest BCUT2D eigenvalue weighted by Gasteiger charge is 2.24. The molecule has 0 aliphatic heterocycles. The molecule has 6 heteroatoms. The third-order valence-electron chi connectivity index (χ3n) is 2.37. The van der Waals surface area contributed by atoms with Crippen LogP contribution in [0.15, 0.2) is 22.7 Å². The number of hydrogen-bond acceptors (Lipinski definition) is 4. The van der Waals surface area contributed by atoms with Crippen LogP contribution in [-0.4, -0.2) is 11.5 Å². The van der Waals surface area contributed by atoms with E-state index in [0.717, 1.165) is 5.56 Å². The summed E-state index contributed by atoms with van der Waals surface area (Å²) in [6.45, 7) is 4.12. The molecule has 0 spiro atoms. The second-order valence-corrected chi connectivity index (χ2v) is 4.97. The lowest BCUT2D eigenvalue weighted by Gasteiger charge is -2.23. The van der Waals surface area contributed by atoms with Crippen molar-refractivity contribution in [1.29, 1.82) is 0 Å². The number of hydrogen-bond donors (Lipinski definition) is 1. The molecule has 0 aliphatic rings. The molecule has 16 heavy (non-hydrogen) atoms. The van der Waals surface area contributed by atoms with Crippen molar-refractivity contribution in [3.63, 3.8) is 0 Å². The van der Waals surface area contributed by atoms with E-state index in [-0.39, 0.29) is 11.1 Å². The molecule has 0 amide bonds. The van der Waals surface area contributed by atoms with Gasteiger partial charge in [0.25, 0.3) is 5.69 Å². The van der Waals surface area contributed by atoms with Gasteiger partial charge in [0.05, 0.1) is 16.0 Å². The molecule has 5 nitrogen and oxygen atoms in total. The first kappa shape index (κ1) is 13.1. The van der Waals surface area contributed by atoms with Crippen LogP contribution in [0.2, 0.25) is 0 Å². The zero-order valence-electron chi connectivity index (χ0n) is 9.07. The number of nitro groups is 1. The molecule has 0 unspecified atom stereocenters. The van der Waals surface area contributed by atoms with Crippen molar-refractivity contribution in [2.45, 2.75) is 19.3 Å². The molecule has 0 saturated heterocycles. The van der Waals surface area contributed by atoms with Crippen LogP contribution in [0.1, 0.15) is 19.4 Å². The fourth-order valence-electron chi connectivity index (χ4n) is 1.37. The molecule has 2 N–H and O–H groups in total. The van der Waals surface area contributed by atoms with E-state index >= 15 is 0 Å². The number of rotatable bonds is 4. The second-order valence-electron chi connectivity index (χ2n) is 4.12. The van der Waals surface area contributed by atoms with Crippen molar-refractivity contribution in [3.8, 4) is 0 Å². The van der Waals surface area contributed by atoms with Crippen molar-refractivity contribution in [2.24, 2.45) is 5.90 Å². The average molecular weight is 289 g/mol. The van der Waals surface area contributed by atoms with Crippen LogP contribution in [0.5, 0.6) is 0 Å². The van der Waals surface area contributed by atoms with E-state index in [9.17, 15) is 10.1 Å². The van der Waals surface area contributed by atoms with E-state index in [2.05, 4.69) is 20.8 Å². The van der Waals surface area contributed by atoms with Gasteiger partial charge in [-0.15, -0.1) is 0 Å². The van der Waals surface area contributed by atoms with Gasteiger partial charge in [0, 0.05) is 11.5 Å². The lowest BCUT2D eigenvalue weighted by Crippen LogP contribution is -2.26. The van der Waals surface area contributed by atoms with Crippen LogP contribution in [0.25, 0.3) is 0 Å². The maximum absolute atomic E-state index is 10.8. The lowest BCUT2D eigenvalue weighted by molar-refractivity contribution is -0.385. The van der Waals surface area contributed by atoms with Crippen LogP contribution in [0.4, 0.5) is 5.69 Å². The standard InChI is InChI=1S/C10H13BrN2O3/c1-10(2,6-16-12)7-3-4-8(11)9(5-7)13(14)15/h3-5H,6,12H2,1-2H3. The van der Waals surface area contributed by atoms with Gasteiger partial charge in [0.15, 0.2) is 0 Å². The summed E-state index contributed by atoms with van der Waals surface area (Å²) in [5, 5.41) is 10.8. The summed E-state index contributed by atoms with van der Waals surface area (Å²) in [6.07, 6.45) is 0. The molecule has 1 aromatic carbocycles. The third-order valence-corrected chi connectivity index (χ3v) is 3.04. The van der Waals surface area contributed by atoms with Gasteiger partial charge in [-0.3, -0.25) is 10.1 Å². The third kappa shape index (κ3) is 2.78. The van der Waals surface area contributed by atoms with E-state index in [1.807, 2.05) is 19.9 Å². The monoisotopic (exact) mass is 288 g/mol. The summed E-state index contributed by atoms with van der Waals surface area (Å²) < 4.78 is 0.464. The predicted octanol–water partition coefficient (Wildman–Crippen LogP) is 2.53. The van der Waals surface area contributed by atoms with E-state index < -0.39 is 4.92 Å². The van der Waals surface area contributed by atoms with Crippen LogP contribution in [0, 0.1) is 10.1 Å². The second kappa shape index (κ2) is 4.90. The maximum atomic E-state index is 10.8. The Bertz CT molecular complexity index is 407. The number of nitrogens with two attached hydrogens (primary N) is 1. The fraction of sp³-hybridized carbons (Fsp3) is 0.400. The fourth-order valence-corrected chi connectivity index (χ4v) is 1.76. The highest BCUT2D eigenvalue weighted by molar-refractivity contribution is 9.10. The van der Waals surface area contributed by atoms with Gasteiger partial charge in [-0.25, -0.2) is 5.90 Å². The summed E-state index contributed by atoms with van der Waals surface area (Å²) in [5.41, 5.74) is 0.496. The molecule has 0 bridgehead atoms. The Balaban J connectivity index is 3.17. The Kier molecular flexibility index (Phi) is 4.01. The number of benzene rings is 1. The number of halogens is 1. The highest BCUT2D eigenvalue weighted by atomic mass is 79.9. The van der Waals surface area contributed by atoms with Crippen molar-refractivity contribution >= 4 is 21.6 Å². The van der Waals surface area contributed by atoms with E-state index in [4.69, 9.17) is 5.90 Å². The molecule has 88 valence electrons. The predicted molar refractivity (Wildman–Crippen MR) is 64.0 cm³/mol. The normalized spacial score (nSPS) is 11.5. The largest absolute Gasteiger partial charge is 0.304 e. The molecule has 0 atom stereocenters. The summed E-state index contributed by atoms with van der Waals surface area (Å²) in [5.74, 6) is 5.04. The number of nitrogens with zero attached hydrogens (tertiary/aromatic N) is 1. The van der Waals surface area contributed by atoms with Gasteiger partial charge < -0.3 is 4.84 Å². The van der Waals surface area contributed by atoms with Crippen LogP contribution in [0.3, 0.4) is 0 Å². The minimum Gasteiger partial charge on any atom is -0.304 e. The molecule has 0 aliphatic carbocycles. The average Bonchev–Trinajstić information content (AvgIpc) is 2.17. The van der Waals surface area contributed by atoms with Crippen LogP contribution < -0.4 is 5.90 Å². The quantitative estimate of drug-likeness (QED) is 0.682. The topological polar surface area (TPSA) is 78.4 Å². The van der Waals surface area contributed by atoms with Gasteiger partial charge in [0.1, 0.15) is 0 Å². The van der Waals surface area contributed by atoms with Gasteiger partial charge in [-0.2, -0.15) is 0 Å². The summed E-state index contributed by atoms with van der Waals surface area (Å²) in [4.78, 5) is 15.0. The van der Waals surface area contributed by atoms with E-state index in [1.165, 1.54) is 6.07 Å².